The molecule has 0 spiro atoms. The van der Waals surface area contributed by atoms with E-state index >= 15 is 0 Å². The van der Waals surface area contributed by atoms with E-state index in [1.54, 1.807) is 18.2 Å². The zero-order valence-corrected chi connectivity index (χ0v) is 13.7. The summed E-state index contributed by atoms with van der Waals surface area (Å²) in [7, 11) is 0. The molecule has 1 amide bonds. The van der Waals surface area contributed by atoms with Crippen molar-refractivity contribution in [3.63, 3.8) is 0 Å². The highest BCUT2D eigenvalue weighted by Crippen LogP contribution is 2.25. The van der Waals surface area contributed by atoms with Gasteiger partial charge in [0.15, 0.2) is 5.58 Å². The summed E-state index contributed by atoms with van der Waals surface area (Å²) in [6, 6.07) is 9.12. The maximum Gasteiger partial charge on any atom is 0.257 e. The zero-order valence-electron chi connectivity index (χ0n) is 12.2. The van der Waals surface area contributed by atoms with Crippen LogP contribution in [0, 0.1) is 22.7 Å². The molecule has 0 atom stereocenters. The van der Waals surface area contributed by atoms with Crippen molar-refractivity contribution in [1.29, 1.82) is 10.5 Å². The van der Waals surface area contributed by atoms with Gasteiger partial charge >= 0.3 is 0 Å². The smallest absolute Gasteiger partial charge is 0.257 e. The second-order valence-electron chi connectivity index (χ2n) is 4.58. The molecule has 0 aliphatic heterocycles. The topological polar surface area (TPSA) is 93.9 Å². The van der Waals surface area contributed by atoms with E-state index < -0.39 is 0 Å². The molecular weight excluding hydrogens is 336 g/mol. The molecule has 0 aliphatic carbocycles. The van der Waals surface area contributed by atoms with Gasteiger partial charge < -0.3 is 9.32 Å². The molecule has 23 heavy (non-hydrogen) atoms. The van der Waals surface area contributed by atoms with Gasteiger partial charge in [-0.1, -0.05) is 23.4 Å². The lowest BCUT2D eigenvalue weighted by atomic mass is 10.3. The van der Waals surface area contributed by atoms with Gasteiger partial charge in [-0.2, -0.15) is 10.5 Å². The lowest BCUT2D eigenvalue weighted by Gasteiger charge is -2.19. The summed E-state index contributed by atoms with van der Waals surface area (Å²) in [5.74, 6) is -0.0157. The third-order valence-corrected chi connectivity index (χ3v) is 4.04. The first-order chi connectivity index (χ1) is 11.1. The molecule has 6 nitrogen and oxygen atoms in total. The molecule has 0 aliphatic rings. The van der Waals surface area contributed by atoms with Crippen molar-refractivity contribution >= 4 is 40.4 Å². The molecular formula is C15H13ClN4O2S. The summed E-state index contributed by atoms with van der Waals surface area (Å²) >= 11 is 7.07. The number of nitriles is 2. The van der Waals surface area contributed by atoms with Gasteiger partial charge in [0.1, 0.15) is 5.52 Å². The maximum absolute atomic E-state index is 12.2. The number of halogens is 1. The summed E-state index contributed by atoms with van der Waals surface area (Å²) in [5.41, 5.74) is 1.24. The van der Waals surface area contributed by atoms with E-state index in [0.717, 1.165) is 0 Å². The van der Waals surface area contributed by atoms with Crippen LogP contribution >= 0.6 is 23.4 Å². The van der Waals surface area contributed by atoms with Crippen LogP contribution in [0.15, 0.2) is 27.8 Å². The van der Waals surface area contributed by atoms with Gasteiger partial charge in [0, 0.05) is 18.1 Å². The Morgan fingerprint density at radius 2 is 2.00 bits per heavy atom. The third kappa shape index (κ3) is 4.88. The van der Waals surface area contributed by atoms with Crippen LogP contribution in [-0.4, -0.2) is 34.6 Å². The molecule has 0 unspecified atom stereocenters. The molecule has 2 rings (SSSR count). The molecule has 0 radical (unpaired) electrons. The highest BCUT2D eigenvalue weighted by molar-refractivity contribution is 7.99. The normalized spacial score (nSPS) is 10.2. The Balaban J connectivity index is 1.97. The number of nitrogens with zero attached hydrogens (tertiary/aromatic N) is 4. The number of aromatic nitrogens is 1. The second-order valence-corrected chi connectivity index (χ2v) is 5.94. The van der Waals surface area contributed by atoms with Crippen molar-refractivity contribution in [2.24, 2.45) is 0 Å². The Bertz CT molecular complexity index is 760. The van der Waals surface area contributed by atoms with Gasteiger partial charge in [0.25, 0.3) is 5.22 Å². The highest BCUT2D eigenvalue weighted by atomic mass is 35.5. The van der Waals surface area contributed by atoms with Crippen LogP contribution in [0.4, 0.5) is 0 Å². The number of thioether (sulfide) groups is 1. The first kappa shape index (κ1) is 17.1. The van der Waals surface area contributed by atoms with Crippen molar-refractivity contribution in [2.75, 3.05) is 18.8 Å². The third-order valence-electron chi connectivity index (χ3n) is 2.99. The maximum atomic E-state index is 12.2. The van der Waals surface area contributed by atoms with E-state index in [1.807, 2.05) is 12.1 Å². The van der Waals surface area contributed by atoms with E-state index in [4.69, 9.17) is 26.5 Å². The molecule has 0 bridgehead atoms. The molecule has 0 N–H and O–H groups in total. The predicted octanol–water partition coefficient (Wildman–Crippen LogP) is 3.23. The summed E-state index contributed by atoms with van der Waals surface area (Å²) in [5, 5.41) is 18.2. The van der Waals surface area contributed by atoms with E-state index in [9.17, 15) is 4.79 Å². The largest absolute Gasteiger partial charge is 0.431 e. The van der Waals surface area contributed by atoms with Gasteiger partial charge in [0.05, 0.1) is 30.7 Å². The first-order valence-corrected chi connectivity index (χ1v) is 8.21. The van der Waals surface area contributed by atoms with Crippen molar-refractivity contribution in [3.05, 3.63) is 23.2 Å². The Kier molecular flexibility index (Phi) is 6.28. The van der Waals surface area contributed by atoms with E-state index in [1.165, 1.54) is 16.7 Å². The van der Waals surface area contributed by atoms with Crippen molar-refractivity contribution < 1.29 is 9.21 Å². The van der Waals surface area contributed by atoms with Crippen molar-refractivity contribution in [1.82, 2.24) is 9.88 Å². The number of fused-ring (bicyclic) bond motifs is 1. The first-order valence-electron chi connectivity index (χ1n) is 6.84. The summed E-state index contributed by atoms with van der Waals surface area (Å²) < 4.78 is 5.53. The lowest BCUT2D eigenvalue weighted by molar-refractivity contribution is -0.128. The highest BCUT2D eigenvalue weighted by Gasteiger charge is 2.15. The zero-order chi connectivity index (χ0) is 16.7. The van der Waals surface area contributed by atoms with Gasteiger partial charge in [-0.25, -0.2) is 4.98 Å². The fourth-order valence-corrected chi connectivity index (χ4v) is 2.79. The van der Waals surface area contributed by atoms with Crippen LogP contribution in [0.25, 0.3) is 11.1 Å². The molecule has 1 aromatic heterocycles. The molecule has 0 fully saturated rings. The van der Waals surface area contributed by atoms with Crippen LogP contribution < -0.4 is 0 Å². The molecule has 8 heteroatoms. The quantitative estimate of drug-likeness (QED) is 0.713. The van der Waals surface area contributed by atoms with Gasteiger partial charge in [-0.05, 0) is 18.2 Å². The Hall–Kier alpha value is -2.22. The number of hydrogen-bond acceptors (Lipinski definition) is 6. The summed E-state index contributed by atoms with van der Waals surface area (Å²) in [6.07, 6.45) is 0.479. The number of carbonyl (C=O) groups excluding carboxylic acids is 1. The standard InChI is InChI=1S/C15H13ClN4O2S/c16-11-3-4-13-12(9-11)19-15(22-13)23-10-14(21)20(7-1-5-17)8-2-6-18/h3-4,9H,1-2,7-8,10H2. The van der Waals surface area contributed by atoms with Crippen molar-refractivity contribution in [3.8, 4) is 12.1 Å². The Morgan fingerprint density at radius 1 is 1.30 bits per heavy atom. The minimum atomic E-state index is -0.152. The molecule has 1 heterocycles. The molecule has 0 saturated carbocycles. The number of hydrogen-bond donors (Lipinski definition) is 0. The Morgan fingerprint density at radius 3 is 2.65 bits per heavy atom. The van der Waals surface area contributed by atoms with Crippen LogP contribution in [0.1, 0.15) is 12.8 Å². The average Bonchev–Trinajstić information content (AvgIpc) is 2.94. The number of oxazole rings is 1. The number of benzene rings is 1. The van der Waals surface area contributed by atoms with E-state index in [2.05, 4.69) is 4.98 Å². The fourth-order valence-electron chi connectivity index (χ4n) is 1.89. The number of rotatable bonds is 7. The minimum Gasteiger partial charge on any atom is -0.431 e. The average molecular weight is 349 g/mol. The SMILES string of the molecule is N#CCCN(CCC#N)C(=O)CSc1nc2cc(Cl)ccc2o1. The minimum absolute atomic E-state index is 0.136. The lowest BCUT2D eigenvalue weighted by Crippen LogP contribution is -2.34. The van der Waals surface area contributed by atoms with Gasteiger partial charge in [-0.15, -0.1) is 0 Å². The number of carbonyl (C=O) groups is 1. The van der Waals surface area contributed by atoms with E-state index in [-0.39, 0.29) is 24.5 Å². The van der Waals surface area contributed by atoms with Crippen molar-refractivity contribution in [2.45, 2.75) is 18.1 Å². The Labute approximate surface area is 142 Å². The molecule has 2 aromatic rings. The summed E-state index contributed by atoms with van der Waals surface area (Å²) in [6.45, 7) is 0.640. The monoisotopic (exact) mass is 348 g/mol. The van der Waals surface area contributed by atoms with E-state index in [0.29, 0.717) is 34.4 Å². The second kappa shape index (κ2) is 8.42. The summed E-state index contributed by atoms with van der Waals surface area (Å²) in [4.78, 5) is 18.0. The fraction of sp³-hybridized carbons (Fsp3) is 0.333. The molecule has 0 saturated heterocycles. The van der Waals surface area contributed by atoms with Crippen LogP contribution in [-0.2, 0) is 4.79 Å². The van der Waals surface area contributed by atoms with Crippen LogP contribution in [0.3, 0.4) is 0 Å². The van der Waals surface area contributed by atoms with Gasteiger partial charge in [-0.3, -0.25) is 4.79 Å². The number of amides is 1. The predicted molar refractivity (Wildman–Crippen MR) is 86.8 cm³/mol. The van der Waals surface area contributed by atoms with Gasteiger partial charge in [0.2, 0.25) is 5.91 Å². The van der Waals surface area contributed by atoms with Crippen LogP contribution in [0.2, 0.25) is 5.02 Å². The molecule has 1 aromatic carbocycles. The molecule has 118 valence electrons. The van der Waals surface area contributed by atoms with Crippen LogP contribution in [0.5, 0.6) is 0 Å².